The van der Waals surface area contributed by atoms with E-state index in [9.17, 15) is 0 Å². The Hall–Kier alpha value is -6.13. The van der Waals surface area contributed by atoms with Gasteiger partial charge in [0.05, 0.1) is 33.1 Å². The molecule has 0 unspecified atom stereocenters. The van der Waals surface area contributed by atoms with E-state index in [1.54, 1.807) is 0 Å². The summed E-state index contributed by atoms with van der Waals surface area (Å²) in [4.78, 5) is 4.83. The molecule has 0 saturated heterocycles. The topological polar surface area (TPSA) is 27.7 Å². The fraction of sp³-hybridized carbons (Fsp3) is 0. The van der Waals surface area contributed by atoms with Crippen LogP contribution in [0.15, 0.2) is 158 Å². The molecule has 0 bridgehead atoms. The molecule has 45 heavy (non-hydrogen) atoms. The maximum absolute atomic E-state index is 4.83. The molecule has 0 aliphatic rings. The summed E-state index contributed by atoms with van der Waals surface area (Å²) in [5.74, 6) is 0. The van der Waals surface area contributed by atoms with Crippen molar-refractivity contribution in [3.8, 4) is 17.1 Å². The summed E-state index contributed by atoms with van der Waals surface area (Å²) in [7, 11) is 0. The van der Waals surface area contributed by atoms with Gasteiger partial charge in [0.25, 0.3) is 0 Å². The van der Waals surface area contributed by atoms with Gasteiger partial charge in [0.2, 0.25) is 0 Å². The molecule has 0 N–H and O–H groups in total. The molecule has 0 spiro atoms. The predicted octanol–water partition coefficient (Wildman–Crippen LogP) is 10.4. The molecular weight excluding hydrogens is 548 g/mol. The lowest BCUT2D eigenvalue weighted by atomic mass is 10.0. The molecule has 0 atom stereocenters. The van der Waals surface area contributed by atoms with Crippen LogP contribution >= 0.6 is 0 Å². The van der Waals surface area contributed by atoms with Crippen LogP contribution in [-0.2, 0) is 0 Å². The fourth-order valence-electron chi connectivity index (χ4n) is 7.32. The van der Waals surface area contributed by atoms with Gasteiger partial charge in [0.1, 0.15) is 6.33 Å². The van der Waals surface area contributed by atoms with E-state index in [0.717, 1.165) is 28.1 Å². The lowest BCUT2D eigenvalue weighted by Crippen LogP contribution is -1.96. The Kier molecular flexibility index (Phi) is 4.96. The highest BCUT2D eigenvalue weighted by Gasteiger charge is 2.20. The summed E-state index contributed by atoms with van der Waals surface area (Å²) < 4.78 is 6.97. The number of benzene rings is 7. The molecule has 0 saturated carbocycles. The van der Waals surface area contributed by atoms with Crippen molar-refractivity contribution in [3.63, 3.8) is 0 Å². The largest absolute Gasteiger partial charge is 0.309 e. The van der Waals surface area contributed by atoms with Gasteiger partial charge in [-0.3, -0.25) is 4.57 Å². The first-order chi connectivity index (χ1) is 22.3. The molecule has 10 rings (SSSR count). The number of nitrogens with zero attached hydrogens (tertiary/aromatic N) is 4. The first-order valence-electron chi connectivity index (χ1n) is 15.3. The molecule has 3 heterocycles. The van der Waals surface area contributed by atoms with Crippen LogP contribution in [0.1, 0.15) is 0 Å². The van der Waals surface area contributed by atoms with Crippen molar-refractivity contribution in [1.29, 1.82) is 0 Å². The van der Waals surface area contributed by atoms with Crippen LogP contribution < -0.4 is 0 Å². The van der Waals surface area contributed by atoms with Crippen molar-refractivity contribution in [1.82, 2.24) is 18.7 Å². The molecule has 10 aromatic rings. The lowest BCUT2D eigenvalue weighted by Gasteiger charge is -2.10. The number of aromatic nitrogens is 4. The summed E-state index contributed by atoms with van der Waals surface area (Å²) in [5.41, 5.74) is 10.2. The van der Waals surface area contributed by atoms with E-state index < -0.39 is 0 Å². The van der Waals surface area contributed by atoms with Gasteiger partial charge in [-0.15, -0.1) is 0 Å². The number of rotatable bonds is 3. The third kappa shape index (κ3) is 3.45. The normalized spacial score (nSPS) is 12.0. The number of imidazole rings is 1. The Labute approximate surface area is 258 Å². The maximum atomic E-state index is 4.83. The first-order valence-corrected chi connectivity index (χ1v) is 15.3. The molecule has 0 aliphatic carbocycles. The zero-order valence-electron chi connectivity index (χ0n) is 24.3. The second-order valence-corrected chi connectivity index (χ2v) is 11.7. The fourth-order valence-corrected chi connectivity index (χ4v) is 7.32. The Bertz CT molecular complexity index is 2750. The van der Waals surface area contributed by atoms with E-state index in [2.05, 4.69) is 159 Å². The maximum Gasteiger partial charge on any atom is 0.100 e. The van der Waals surface area contributed by atoms with Crippen LogP contribution in [0.2, 0.25) is 0 Å². The van der Waals surface area contributed by atoms with Gasteiger partial charge in [0.15, 0.2) is 0 Å². The van der Waals surface area contributed by atoms with Gasteiger partial charge in [-0.25, -0.2) is 4.98 Å². The minimum Gasteiger partial charge on any atom is -0.309 e. The van der Waals surface area contributed by atoms with Crippen LogP contribution in [0.25, 0.3) is 82.5 Å². The molecule has 4 heteroatoms. The van der Waals surface area contributed by atoms with E-state index in [4.69, 9.17) is 4.98 Å². The monoisotopic (exact) mass is 574 g/mol. The van der Waals surface area contributed by atoms with E-state index in [0.29, 0.717) is 0 Å². The molecule has 0 aliphatic heterocycles. The molecule has 210 valence electrons. The standard InChI is InChI=1S/C41H26N4/c1-3-12-28(13-4-1)43-26-42-35-23-30(20-22-37(35)43)45-36-18-10-9-17-32(36)33-24-34-40(25-39(33)45)44(29-14-5-2-6-15-29)38-21-19-27-11-7-8-16-31(27)41(34)38/h1-26H. The molecule has 0 fully saturated rings. The summed E-state index contributed by atoms with van der Waals surface area (Å²) in [6.07, 6.45) is 1.92. The van der Waals surface area contributed by atoms with E-state index >= 15 is 0 Å². The lowest BCUT2D eigenvalue weighted by molar-refractivity contribution is 1.09. The molecular formula is C41H26N4. The van der Waals surface area contributed by atoms with Crippen LogP contribution in [0.5, 0.6) is 0 Å². The van der Waals surface area contributed by atoms with E-state index in [1.807, 2.05) is 12.4 Å². The van der Waals surface area contributed by atoms with E-state index in [-0.39, 0.29) is 0 Å². The average molecular weight is 575 g/mol. The van der Waals surface area contributed by atoms with Crippen molar-refractivity contribution < 1.29 is 0 Å². The Morgan fingerprint density at radius 3 is 1.89 bits per heavy atom. The molecule has 0 amide bonds. The summed E-state index contributed by atoms with van der Waals surface area (Å²) >= 11 is 0. The van der Waals surface area contributed by atoms with Crippen LogP contribution in [0, 0.1) is 0 Å². The van der Waals surface area contributed by atoms with Gasteiger partial charge in [0, 0.05) is 38.6 Å². The summed E-state index contributed by atoms with van der Waals surface area (Å²) in [6, 6.07) is 54.5. The third-order valence-corrected chi connectivity index (χ3v) is 9.29. The summed E-state index contributed by atoms with van der Waals surface area (Å²) in [5, 5.41) is 7.56. The molecule has 3 aromatic heterocycles. The van der Waals surface area contributed by atoms with Crippen molar-refractivity contribution in [3.05, 3.63) is 158 Å². The smallest absolute Gasteiger partial charge is 0.100 e. The SMILES string of the molecule is c1ccc(-n2cnc3cc(-n4c5ccccc5c5cc6c7c8ccccc8ccc7n(-c7ccccc7)c6cc54)ccc32)cc1. The summed E-state index contributed by atoms with van der Waals surface area (Å²) in [6.45, 7) is 0. The second kappa shape index (κ2) is 9.18. The third-order valence-electron chi connectivity index (χ3n) is 9.29. The number of hydrogen-bond donors (Lipinski definition) is 0. The molecule has 7 aromatic carbocycles. The van der Waals surface area contributed by atoms with Crippen LogP contribution in [0.4, 0.5) is 0 Å². The Morgan fingerprint density at radius 1 is 0.378 bits per heavy atom. The predicted molar refractivity (Wildman–Crippen MR) is 187 cm³/mol. The average Bonchev–Trinajstić information content (AvgIpc) is 3.77. The van der Waals surface area contributed by atoms with E-state index in [1.165, 1.54) is 54.4 Å². The first kappa shape index (κ1) is 24.3. The number of fused-ring (bicyclic) bond motifs is 9. The zero-order chi connectivity index (χ0) is 29.5. The Balaban J connectivity index is 1.32. The molecule has 4 nitrogen and oxygen atoms in total. The highest BCUT2D eigenvalue weighted by atomic mass is 15.1. The van der Waals surface area contributed by atoms with Crippen molar-refractivity contribution >= 4 is 65.4 Å². The minimum absolute atomic E-state index is 0.966. The number of hydrogen-bond acceptors (Lipinski definition) is 1. The highest BCUT2D eigenvalue weighted by Crippen LogP contribution is 2.42. The van der Waals surface area contributed by atoms with Gasteiger partial charge >= 0.3 is 0 Å². The molecule has 0 radical (unpaired) electrons. The minimum atomic E-state index is 0.966. The second-order valence-electron chi connectivity index (χ2n) is 11.7. The van der Waals surface area contributed by atoms with Gasteiger partial charge < -0.3 is 9.13 Å². The van der Waals surface area contributed by atoms with Crippen molar-refractivity contribution in [2.45, 2.75) is 0 Å². The Morgan fingerprint density at radius 2 is 1.04 bits per heavy atom. The van der Waals surface area contributed by atoms with Crippen molar-refractivity contribution in [2.24, 2.45) is 0 Å². The highest BCUT2D eigenvalue weighted by molar-refractivity contribution is 6.25. The van der Waals surface area contributed by atoms with Gasteiger partial charge in [-0.1, -0.05) is 84.9 Å². The van der Waals surface area contributed by atoms with Gasteiger partial charge in [-0.2, -0.15) is 0 Å². The van der Waals surface area contributed by atoms with Crippen LogP contribution in [0.3, 0.4) is 0 Å². The quantitative estimate of drug-likeness (QED) is 0.206. The van der Waals surface area contributed by atoms with Crippen molar-refractivity contribution in [2.75, 3.05) is 0 Å². The van der Waals surface area contributed by atoms with Gasteiger partial charge in [-0.05, 0) is 77.5 Å². The number of para-hydroxylation sites is 3. The van der Waals surface area contributed by atoms with Crippen LogP contribution in [-0.4, -0.2) is 18.7 Å². The zero-order valence-corrected chi connectivity index (χ0v) is 24.3.